The zero-order valence-corrected chi connectivity index (χ0v) is 22.4. The highest BCUT2D eigenvalue weighted by atomic mass is 32.2. The Kier molecular flexibility index (Phi) is 13.0. The molecule has 0 aliphatic heterocycles. The van der Waals surface area contributed by atoms with Crippen LogP contribution in [-0.4, -0.2) is 49.2 Å². The summed E-state index contributed by atoms with van der Waals surface area (Å²) in [7, 11) is 1.57. The summed E-state index contributed by atoms with van der Waals surface area (Å²) in [5.74, 6) is 2.24. The molecule has 2 rings (SSSR count). The van der Waals surface area contributed by atoms with Gasteiger partial charge in [-0.1, -0.05) is 33.6 Å². The third-order valence-corrected chi connectivity index (χ3v) is 6.39. The van der Waals surface area contributed by atoms with E-state index in [1.807, 2.05) is 32.9 Å². The molecule has 0 saturated heterocycles. The molecule has 0 spiro atoms. The molecule has 2 atom stereocenters. The molecule has 0 radical (unpaired) electrons. The number of thioether (sulfide) groups is 1. The fourth-order valence-corrected chi connectivity index (χ4v) is 4.37. The molecule has 0 bridgehead atoms. The summed E-state index contributed by atoms with van der Waals surface area (Å²) in [4.78, 5) is 38.6. The number of unbranched alkanes of at least 4 members (excludes halogenated alkanes) is 1. The van der Waals surface area contributed by atoms with E-state index >= 15 is 0 Å². The van der Waals surface area contributed by atoms with Gasteiger partial charge in [-0.2, -0.15) is 0 Å². The van der Waals surface area contributed by atoms with E-state index in [1.54, 1.807) is 37.6 Å². The zero-order chi connectivity index (χ0) is 26.3. The first-order valence-electron chi connectivity index (χ1n) is 12.3. The van der Waals surface area contributed by atoms with Crippen LogP contribution in [0.1, 0.15) is 52.2 Å². The Morgan fingerprint density at radius 3 is 2.36 bits per heavy atom. The van der Waals surface area contributed by atoms with Crippen molar-refractivity contribution in [2.45, 2.75) is 64.3 Å². The van der Waals surface area contributed by atoms with E-state index in [9.17, 15) is 14.4 Å². The van der Waals surface area contributed by atoms with E-state index in [4.69, 9.17) is 13.9 Å². The molecule has 2 N–H and O–H groups in total. The van der Waals surface area contributed by atoms with Crippen molar-refractivity contribution in [1.29, 1.82) is 0 Å². The van der Waals surface area contributed by atoms with Gasteiger partial charge in [0.05, 0.1) is 30.9 Å². The minimum absolute atomic E-state index is 0.0363. The Balaban J connectivity index is 1.93. The topological polar surface area (TPSA) is 107 Å². The van der Waals surface area contributed by atoms with Crippen molar-refractivity contribution >= 4 is 29.4 Å². The molecule has 0 saturated carbocycles. The maximum absolute atomic E-state index is 13.1. The number of Topliss-reactive ketones (excluding diaryl/α,β-unsaturated/α-hetero) is 1. The highest BCUT2D eigenvalue weighted by Gasteiger charge is 2.27. The second-order valence-corrected chi connectivity index (χ2v) is 9.94. The van der Waals surface area contributed by atoms with Crippen LogP contribution in [0.25, 0.3) is 0 Å². The van der Waals surface area contributed by atoms with Gasteiger partial charge in [-0.05, 0) is 55.2 Å². The number of ether oxygens (including phenoxy) is 2. The number of hydrogen-bond acceptors (Lipinski definition) is 7. The maximum atomic E-state index is 13.1. The fourth-order valence-electron chi connectivity index (χ4n) is 3.50. The summed E-state index contributed by atoms with van der Waals surface area (Å²) in [5, 5.41) is 5.67. The predicted octanol–water partition coefficient (Wildman–Crippen LogP) is 4.38. The van der Waals surface area contributed by atoms with Crippen LogP contribution in [0.5, 0.6) is 11.5 Å². The average Bonchev–Trinajstić information content (AvgIpc) is 3.38. The van der Waals surface area contributed by atoms with Crippen LogP contribution in [0, 0.1) is 5.92 Å². The molecule has 1 heterocycles. The highest BCUT2D eigenvalue weighted by molar-refractivity contribution is 7.99. The van der Waals surface area contributed by atoms with Gasteiger partial charge in [0.1, 0.15) is 23.3 Å². The molecule has 9 heteroatoms. The van der Waals surface area contributed by atoms with Gasteiger partial charge >= 0.3 is 0 Å². The Labute approximate surface area is 217 Å². The number of amides is 2. The van der Waals surface area contributed by atoms with Crippen molar-refractivity contribution in [1.82, 2.24) is 10.6 Å². The Morgan fingerprint density at radius 1 is 1.03 bits per heavy atom. The zero-order valence-electron chi connectivity index (χ0n) is 21.6. The first-order chi connectivity index (χ1) is 17.3. The quantitative estimate of drug-likeness (QED) is 0.320. The van der Waals surface area contributed by atoms with Crippen LogP contribution in [0.3, 0.4) is 0 Å². The molecule has 2 aromatic rings. The van der Waals surface area contributed by atoms with Crippen LogP contribution in [-0.2, 0) is 20.1 Å². The van der Waals surface area contributed by atoms with Crippen LogP contribution in [0.2, 0.25) is 0 Å². The number of furan rings is 1. The summed E-state index contributed by atoms with van der Waals surface area (Å²) in [5.41, 5.74) is 0. The van der Waals surface area contributed by atoms with Gasteiger partial charge in [0.25, 0.3) is 5.91 Å². The molecule has 36 heavy (non-hydrogen) atoms. The number of methoxy groups -OCH3 is 1. The van der Waals surface area contributed by atoms with E-state index < -0.39 is 18.0 Å². The van der Waals surface area contributed by atoms with Crippen LogP contribution >= 0.6 is 11.8 Å². The van der Waals surface area contributed by atoms with Crippen LogP contribution < -0.4 is 20.1 Å². The second-order valence-electron chi connectivity index (χ2n) is 8.96. The number of rotatable bonds is 17. The van der Waals surface area contributed by atoms with Crippen LogP contribution in [0.15, 0.2) is 47.1 Å². The Morgan fingerprint density at radius 2 is 1.75 bits per heavy atom. The largest absolute Gasteiger partial charge is 0.497 e. The molecule has 198 valence electrons. The smallest absolute Gasteiger partial charge is 0.258 e. The van der Waals surface area contributed by atoms with Gasteiger partial charge in [0, 0.05) is 0 Å². The number of benzene rings is 1. The molecule has 0 fully saturated rings. The number of hydrogen-bond donors (Lipinski definition) is 2. The lowest BCUT2D eigenvalue weighted by Crippen LogP contribution is -2.53. The third kappa shape index (κ3) is 10.8. The standard InChI is InChI=1S/C27H38N2O6S/c1-5-6-9-23(25(30)18-36-17-22-8-7-14-34-22)29-27(32)24(15-19(2)3)28-26(31)16-35-21-12-10-20(33-4)11-13-21/h7-8,10-14,19,23-24H,5-6,9,15-18H2,1-4H3,(H,28,31)(H,29,32). The number of nitrogens with one attached hydrogen (secondary N) is 2. The van der Waals surface area contributed by atoms with Gasteiger partial charge in [-0.3, -0.25) is 14.4 Å². The minimum atomic E-state index is -0.760. The van der Waals surface area contributed by atoms with E-state index in [-0.39, 0.29) is 30.0 Å². The van der Waals surface area contributed by atoms with Crippen LogP contribution in [0.4, 0.5) is 0 Å². The molecule has 0 aliphatic rings. The second kappa shape index (κ2) is 15.9. The van der Waals surface area contributed by atoms with Crippen molar-refractivity contribution < 1.29 is 28.3 Å². The monoisotopic (exact) mass is 518 g/mol. The summed E-state index contributed by atoms with van der Waals surface area (Å²) in [6.07, 6.45) is 4.34. The molecule has 2 unspecified atom stereocenters. The summed E-state index contributed by atoms with van der Waals surface area (Å²) >= 11 is 1.46. The fraction of sp³-hybridized carbons (Fsp3) is 0.519. The van der Waals surface area contributed by atoms with Crippen molar-refractivity contribution in [3.05, 3.63) is 48.4 Å². The first kappa shape index (κ1) is 29.3. The van der Waals surface area contributed by atoms with Crippen molar-refractivity contribution in [3.63, 3.8) is 0 Å². The van der Waals surface area contributed by atoms with E-state index in [0.717, 1.165) is 18.6 Å². The predicted molar refractivity (Wildman–Crippen MR) is 141 cm³/mol. The molecular formula is C27H38N2O6S. The average molecular weight is 519 g/mol. The normalized spacial score (nSPS) is 12.6. The van der Waals surface area contributed by atoms with Crippen molar-refractivity contribution in [2.24, 2.45) is 5.92 Å². The first-order valence-corrected chi connectivity index (χ1v) is 13.5. The molecule has 8 nitrogen and oxygen atoms in total. The van der Waals surface area contributed by atoms with E-state index in [0.29, 0.717) is 30.1 Å². The Hall–Kier alpha value is -2.94. The lowest BCUT2D eigenvalue weighted by Gasteiger charge is -2.24. The SMILES string of the molecule is CCCCC(NC(=O)C(CC(C)C)NC(=O)COc1ccc(OC)cc1)C(=O)CSCc1ccco1. The number of carbonyl (C=O) groups excluding carboxylic acids is 3. The van der Waals surface area contributed by atoms with E-state index in [2.05, 4.69) is 10.6 Å². The molecule has 2 amide bonds. The van der Waals surface area contributed by atoms with Gasteiger partial charge in [0.2, 0.25) is 5.91 Å². The highest BCUT2D eigenvalue weighted by Crippen LogP contribution is 2.17. The van der Waals surface area contributed by atoms with Gasteiger partial charge in [-0.15, -0.1) is 11.8 Å². The molecule has 0 aliphatic carbocycles. The van der Waals surface area contributed by atoms with Gasteiger partial charge < -0.3 is 24.5 Å². The third-order valence-electron chi connectivity index (χ3n) is 5.41. The van der Waals surface area contributed by atoms with Crippen molar-refractivity contribution in [2.75, 3.05) is 19.5 Å². The lowest BCUT2D eigenvalue weighted by molar-refractivity contribution is -0.132. The molecular weight excluding hydrogens is 480 g/mol. The summed E-state index contributed by atoms with van der Waals surface area (Å²) < 4.78 is 16.0. The Bertz CT molecular complexity index is 930. The number of ketones is 1. The van der Waals surface area contributed by atoms with Crippen molar-refractivity contribution in [3.8, 4) is 11.5 Å². The molecule has 1 aromatic heterocycles. The maximum Gasteiger partial charge on any atom is 0.258 e. The summed E-state index contributed by atoms with van der Waals surface area (Å²) in [6, 6.07) is 9.22. The summed E-state index contributed by atoms with van der Waals surface area (Å²) in [6.45, 7) is 5.77. The minimum Gasteiger partial charge on any atom is -0.497 e. The number of carbonyl (C=O) groups is 3. The lowest BCUT2D eigenvalue weighted by atomic mass is 10.0. The molecule has 1 aromatic carbocycles. The van der Waals surface area contributed by atoms with Gasteiger partial charge in [0.15, 0.2) is 12.4 Å². The van der Waals surface area contributed by atoms with E-state index in [1.165, 1.54) is 11.8 Å². The van der Waals surface area contributed by atoms with Gasteiger partial charge in [-0.25, -0.2) is 0 Å².